The number of hydrogen-bond acceptors (Lipinski definition) is 6. The molecule has 1 saturated heterocycles. The van der Waals surface area contributed by atoms with Gasteiger partial charge >= 0.3 is 5.97 Å². The van der Waals surface area contributed by atoms with Crippen LogP contribution in [0.1, 0.15) is 44.6 Å². The maximum absolute atomic E-state index is 14.6. The van der Waals surface area contributed by atoms with Gasteiger partial charge in [-0.2, -0.15) is 0 Å². The topological polar surface area (TPSA) is 48.9 Å². The van der Waals surface area contributed by atoms with Gasteiger partial charge < -0.3 is 14.5 Å². The standard InChI is InChI=1S/C26H33FN4O2/c1-5-25-26(9-7-21(28-25)14-29-15-23(16-29)33-19(4)32)31-11-10-30(17-31)22-8-6-20(12-18(2)3)24(27)13-22/h6-11,13,18,23H,5,12,14-17H2,1-4H3. The Bertz CT molecular complexity index is 1030. The number of benzene rings is 1. The summed E-state index contributed by atoms with van der Waals surface area (Å²) in [6.07, 6.45) is 5.57. The Morgan fingerprint density at radius 3 is 2.61 bits per heavy atom. The molecule has 0 aliphatic carbocycles. The molecule has 1 fully saturated rings. The van der Waals surface area contributed by atoms with E-state index in [1.165, 1.54) is 6.92 Å². The lowest BCUT2D eigenvalue weighted by molar-refractivity contribution is -0.155. The second kappa shape index (κ2) is 9.91. The number of halogens is 1. The largest absolute Gasteiger partial charge is 0.460 e. The number of rotatable bonds is 8. The first kappa shape index (κ1) is 23.2. The highest BCUT2D eigenvalue weighted by Crippen LogP contribution is 2.29. The lowest BCUT2D eigenvalue weighted by Crippen LogP contribution is -2.52. The van der Waals surface area contributed by atoms with E-state index in [2.05, 4.69) is 42.7 Å². The van der Waals surface area contributed by atoms with Crippen LogP contribution >= 0.6 is 0 Å². The minimum absolute atomic E-state index is 0.00239. The molecule has 3 heterocycles. The van der Waals surface area contributed by atoms with Crippen molar-refractivity contribution in [2.75, 3.05) is 29.6 Å². The lowest BCUT2D eigenvalue weighted by atomic mass is 10.0. The van der Waals surface area contributed by atoms with Crippen LogP contribution in [0.25, 0.3) is 0 Å². The third-order valence-corrected chi connectivity index (χ3v) is 6.02. The Hall–Kier alpha value is -2.93. The molecule has 2 aliphatic rings. The molecule has 4 rings (SSSR count). The smallest absolute Gasteiger partial charge is 0.302 e. The summed E-state index contributed by atoms with van der Waals surface area (Å²) in [4.78, 5) is 22.4. The van der Waals surface area contributed by atoms with Crippen LogP contribution in [-0.2, 0) is 28.9 Å². The van der Waals surface area contributed by atoms with Gasteiger partial charge in [0.25, 0.3) is 0 Å². The van der Waals surface area contributed by atoms with Crippen molar-refractivity contribution in [2.24, 2.45) is 5.92 Å². The van der Waals surface area contributed by atoms with E-state index < -0.39 is 0 Å². The number of carbonyl (C=O) groups is 1. The molecular weight excluding hydrogens is 419 g/mol. The molecule has 0 saturated carbocycles. The fraction of sp³-hybridized carbons (Fsp3) is 0.462. The molecule has 0 N–H and O–H groups in total. The SMILES string of the molecule is CCc1nc(CN2CC(OC(C)=O)C2)ccc1N1C=CN(c2ccc(CC(C)C)c(F)c2)C1. The minimum Gasteiger partial charge on any atom is -0.460 e. The molecule has 7 heteroatoms. The Kier molecular flexibility index (Phi) is 6.98. The molecule has 33 heavy (non-hydrogen) atoms. The van der Waals surface area contributed by atoms with Crippen LogP contribution < -0.4 is 9.80 Å². The number of ether oxygens (including phenoxy) is 1. The van der Waals surface area contributed by atoms with Crippen LogP contribution in [-0.4, -0.2) is 41.7 Å². The first-order valence-electron chi connectivity index (χ1n) is 11.7. The summed E-state index contributed by atoms with van der Waals surface area (Å²) in [7, 11) is 0. The Balaban J connectivity index is 1.39. The normalized spacial score (nSPS) is 16.5. The van der Waals surface area contributed by atoms with E-state index in [0.717, 1.165) is 60.8 Å². The number of hydrogen-bond donors (Lipinski definition) is 0. The van der Waals surface area contributed by atoms with Crippen molar-refractivity contribution in [1.29, 1.82) is 0 Å². The molecule has 0 atom stereocenters. The van der Waals surface area contributed by atoms with Crippen molar-refractivity contribution in [1.82, 2.24) is 9.88 Å². The number of nitrogens with zero attached hydrogens (tertiary/aromatic N) is 4. The summed E-state index contributed by atoms with van der Waals surface area (Å²) in [6.45, 7) is 10.6. The van der Waals surface area contributed by atoms with Crippen LogP contribution in [0.2, 0.25) is 0 Å². The highest BCUT2D eigenvalue weighted by molar-refractivity contribution is 5.66. The second-order valence-corrected chi connectivity index (χ2v) is 9.30. The van der Waals surface area contributed by atoms with Gasteiger partial charge in [-0.05, 0) is 48.6 Å². The summed E-state index contributed by atoms with van der Waals surface area (Å²) in [5.41, 5.74) is 4.73. The van der Waals surface area contributed by atoms with Crippen molar-refractivity contribution < 1.29 is 13.9 Å². The maximum atomic E-state index is 14.6. The molecule has 0 bridgehead atoms. The summed E-state index contributed by atoms with van der Waals surface area (Å²) < 4.78 is 19.8. The lowest BCUT2D eigenvalue weighted by Gasteiger charge is -2.38. The van der Waals surface area contributed by atoms with Gasteiger partial charge in [0.05, 0.1) is 23.7 Å². The van der Waals surface area contributed by atoms with Gasteiger partial charge in [0.15, 0.2) is 0 Å². The second-order valence-electron chi connectivity index (χ2n) is 9.30. The summed E-state index contributed by atoms with van der Waals surface area (Å²) in [6, 6.07) is 9.70. The fourth-order valence-electron chi connectivity index (χ4n) is 4.40. The van der Waals surface area contributed by atoms with E-state index in [9.17, 15) is 9.18 Å². The molecule has 2 aromatic rings. The van der Waals surface area contributed by atoms with E-state index >= 15 is 0 Å². The quantitative estimate of drug-likeness (QED) is 0.551. The van der Waals surface area contributed by atoms with Gasteiger partial charge in [-0.1, -0.05) is 26.8 Å². The molecule has 2 aliphatic heterocycles. The number of aromatic nitrogens is 1. The zero-order valence-corrected chi connectivity index (χ0v) is 19.9. The van der Waals surface area contributed by atoms with Crippen molar-refractivity contribution in [3.05, 3.63) is 65.5 Å². The van der Waals surface area contributed by atoms with E-state index in [1.54, 1.807) is 6.07 Å². The van der Waals surface area contributed by atoms with Crippen LogP contribution in [0.5, 0.6) is 0 Å². The van der Waals surface area contributed by atoms with Gasteiger partial charge in [-0.15, -0.1) is 0 Å². The van der Waals surface area contributed by atoms with Crippen molar-refractivity contribution in [3.63, 3.8) is 0 Å². The maximum Gasteiger partial charge on any atom is 0.302 e. The van der Waals surface area contributed by atoms with Crippen LogP contribution in [0, 0.1) is 11.7 Å². The van der Waals surface area contributed by atoms with Crippen molar-refractivity contribution >= 4 is 17.3 Å². The van der Waals surface area contributed by atoms with E-state index in [0.29, 0.717) is 12.6 Å². The molecule has 0 spiro atoms. The number of esters is 1. The molecule has 0 amide bonds. The minimum atomic E-state index is -0.225. The number of aryl methyl sites for hydroxylation is 1. The highest BCUT2D eigenvalue weighted by Gasteiger charge is 2.29. The fourth-order valence-corrected chi connectivity index (χ4v) is 4.40. The average Bonchev–Trinajstić information content (AvgIpc) is 3.23. The van der Waals surface area contributed by atoms with Crippen LogP contribution in [0.4, 0.5) is 15.8 Å². The predicted octanol–water partition coefficient (Wildman–Crippen LogP) is 4.48. The average molecular weight is 453 g/mol. The Morgan fingerprint density at radius 2 is 1.94 bits per heavy atom. The molecule has 0 unspecified atom stereocenters. The van der Waals surface area contributed by atoms with Crippen molar-refractivity contribution in [3.8, 4) is 0 Å². The van der Waals surface area contributed by atoms with Crippen LogP contribution in [0.3, 0.4) is 0 Å². The predicted molar refractivity (Wildman–Crippen MR) is 128 cm³/mol. The van der Waals surface area contributed by atoms with Gasteiger partial charge in [0.2, 0.25) is 0 Å². The third-order valence-electron chi connectivity index (χ3n) is 6.02. The molecule has 1 aromatic heterocycles. The Labute approximate surface area is 195 Å². The van der Waals surface area contributed by atoms with Gasteiger partial charge in [-0.3, -0.25) is 14.7 Å². The molecule has 1 aromatic carbocycles. The zero-order valence-electron chi connectivity index (χ0n) is 19.9. The first-order chi connectivity index (χ1) is 15.8. The third kappa shape index (κ3) is 5.53. The van der Waals surface area contributed by atoms with E-state index in [1.807, 2.05) is 29.4 Å². The number of carbonyl (C=O) groups excluding carboxylic acids is 1. The van der Waals surface area contributed by atoms with Gasteiger partial charge in [0.1, 0.15) is 11.9 Å². The number of anilines is 2. The summed E-state index contributed by atoms with van der Waals surface area (Å²) in [5.74, 6) is 0.0551. The van der Waals surface area contributed by atoms with Gasteiger partial charge in [-0.25, -0.2) is 4.39 Å². The highest BCUT2D eigenvalue weighted by atomic mass is 19.1. The number of likely N-dealkylation sites (tertiary alicyclic amines) is 1. The zero-order chi connectivity index (χ0) is 23.5. The first-order valence-corrected chi connectivity index (χ1v) is 11.7. The van der Waals surface area contributed by atoms with E-state index in [-0.39, 0.29) is 17.9 Å². The molecule has 0 radical (unpaired) electrons. The summed E-state index contributed by atoms with van der Waals surface area (Å²) in [5, 5.41) is 0. The number of pyridine rings is 1. The van der Waals surface area contributed by atoms with Gasteiger partial charge in [0, 0.05) is 44.6 Å². The molecule has 176 valence electrons. The summed E-state index contributed by atoms with van der Waals surface area (Å²) >= 11 is 0. The monoisotopic (exact) mass is 452 g/mol. The van der Waals surface area contributed by atoms with E-state index in [4.69, 9.17) is 9.72 Å². The molecular formula is C26H33FN4O2. The Morgan fingerprint density at radius 1 is 1.18 bits per heavy atom. The van der Waals surface area contributed by atoms with Crippen molar-refractivity contribution in [2.45, 2.75) is 53.2 Å². The molecule has 6 nitrogen and oxygen atoms in total. The van der Waals surface area contributed by atoms with Crippen LogP contribution in [0.15, 0.2) is 42.7 Å².